The van der Waals surface area contributed by atoms with Crippen LogP contribution in [-0.2, 0) is 0 Å². The van der Waals surface area contributed by atoms with E-state index in [0.29, 0.717) is 17.5 Å². The Balaban J connectivity index is 1.97. The maximum atomic E-state index is 13.6. The number of carbonyl (C=O) groups is 1. The number of aliphatic hydroxyl groups excluding tert-OH is 1. The van der Waals surface area contributed by atoms with E-state index in [1.54, 1.807) is 30.8 Å². The van der Waals surface area contributed by atoms with E-state index in [9.17, 15) is 9.18 Å². The molecule has 4 nitrogen and oxygen atoms in total. The molecule has 0 saturated carbocycles. The summed E-state index contributed by atoms with van der Waals surface area (Å²) in [5.74, 6) is 0.996. The molecule has 0 aliphatic carbocycles. The predicted octanol–water partition coefficient (Wildman–Crippen LogP) is 2.73. The van der Waals surface area contributed by atoms with E-state index in [2.05, 4.69) is 5.32 Å². The van der Waals surface area contributed by atoms with Gasteiger partial charge in [0.05, 0.1) is 0 Å². The van der Waals surface area contributed by atoms with Crippen LogP contribution in [0.4, 0.5) is 4.39 Å². The number of benzene rings is 1. The van der Waals surface area contributed by atoms with Gasteiger partial charge in [0.25, 0.3) is 5.91 Å². The molecule has 2 rings (SSSR count). The third kappa shape index (κ3) is 3.77. The number of thioether (sulfide) groups is 1. The zero-order chi connectivity index (χ0) is 15.2. The Bertz CT molecular complexity index is 627. The van der Waals surface area contributed by atoms with Crippen LogP contribution in [0.1, 0.15) is 22.5 Å². The SMILES string of the molecule is Cc1c(C(=O)NCCSCCCO)oc2c(F)cccc12. The lowest BCUT2D eigenvalue weighted by Gasteiger charge is -2.03. The van der Waals surface area contributed by atoms with Crippen LogP contribution < -0.4 is 5.32 Å². The molecule has 1 heterocycles. The highest BCUT2D eigenvalue weighted by Crippen LogP contribution is 2.27. The zero-order valence-corrected chi connectivity index (χ0v) is 12.6. The summed E-state index contributed by atoms with van der Waals surface area (Å²) >= 11 is 1.66. The fourth-order valence-corrected chi connectivity index (χ4v) is 2.79. The first kappa shape index (κ1) is 15.9. The number of para-hydroxylation sites is 1. The molecule has 0 fully saturated rings. The van der Waals surface area contributed by atoms with Crippen molar-refractivity contribution in [2.75, 3.05) is 24.7 Å². The highest BCUT2D eigenvalue weighted by Gasteiger charge is 2.18. The monoisotopic (exact) mass is 311 g/mol. The summed E-state index contributed by atoms with van der Waals surface area (Å²) in [6.45, 7) is 2.44. The third-order valence-electron chi connectivity index (χ3n) is 3.10. The molecule has 1 amide bonds. The molecule has 0 aliphatic rings. The smallest absolute Gasteiger partial charge is 0.287 e. The van der Waals surface area contributed by atoms with Gasteiger partial charge in [0.2, 0.25) is 0 Å². The lowest BCUT2D eigenvalue weighted by atomic mass is 10.1. The predicted molar refractivity (Wildman–Crippen MR) is 82.3 cm³/mol. The summed E-state index contributed by atoms with van der Waals surface area (Å²) < 4.78 is 19.0. The second kappa shape index (κ2) is 7.47. The van der Waals surface area contributed by atoms with Gasteiger partial charge in [-0.05, 0) is 25.2 Å². The molecule has 1 aromatic heterocycles. The van der Waals surface area contributed by atoms with Crippen molar-refractivity contribution in [1.82, 2.24) is 5.32 Å². The lowest BCUT2D eigenvalue weighted by Crippen LogP contribution is -2.26. The second-order valence-corrected chi connectivity index (χ2v) is 5.84. The number of rotatable bonds is 7. The fraction of sp³-hybridized carbons (Fsp3) is 0.400. The summed E-state index contributed by atoms with van der Waals surface area (Å²) in [6, 6.07) is 4.64. The summed E-state index contributed by atoms with van der Waals surface area (Å²) in [6.07, 6.45) is 0.751. The molecule has 0 atom stereocenters. The van der Waals surface area contributed by atoms with E-state index >= 15 is 0 Å². The lowest BCUT2D eigenvalue weighted by molar-refractivity contribution is 0.0929. The molecule has 1 aromatic carbocycles. The van der Waals surface area contributed by atoms with E-state index in [1.807, 2.05) is 0 Å². The van der Waals surface area contributed by atoms with Crippen LogP contribution in [0, 0.1) is 12.7 Å². The van der Waals surface area contributed by atoms with E-state index in [0.717, 1.165) is 17.9 Å². The van der Waals surface area contributed by atoms with Crippen LogP contribution in [0.3, 0.4) is 0 Å². The first-order valence-electron chi connectivity index (χ1n) is 6.79. The van der Waals surface area contributed by atoms with Crippen molar-refractivity contribution in [3.05, 3.63) is 35.3 Å². The molecule has 2 N–H and O–H groups in total. The Morgan fingerprint density at radius 2 is 2.24 bits per heavy atom. The fourth-order valence-electron chi connectivity index (χ4n) is 2.01. The van der Waals surface area contributed by atoms with Crippen LogP contribution in [0.15, 0.2) is 22.6 Å². The van der Waals surface area contributed by atoms with Crippen LogP contribution >= 0.6 is 11.8 Å². The number of nitrogens with one attached hydrogen (secondary N) is 1. The Hall–Kier alpha value is -1.53. The van der Waals surface area contributed by atoms with E-state index < -0.39 is 5.82 Å². The second-order valence-electron chi connectivity index (χ2n) is 4.62. The van der Waals surface area contributed by atoms with Crippen molar-refractivity contribution in [2.45, 2.75) is 13.3 Å². The number of hydrogen-bond acceptors (Lipinski definition) is 4. The van der Waals surface area contributed by atoms with Crippen LogP contribution in [-0.4, -0.2) is 35.7 Å². The van der Waals surface area contributed by atoms with Gasteiger partial charge in [0.15, 0.2) is 17.2 Å². The number of aliphatic hydroxyl groups is 1. The summed E-state index contributed by atoms with van der Waals surface area (Å²) in [5, 5.41) is 12.0. The average Bonchev–Trinajstić information content (AvgIpc) is 2.82. The molecular formula is C15H18FNO3S. The van der Waals surface area contributed by atoms with Gasteiger partial charge >= 0.3 is 0 Å². The molecule has 0 aliphatic heterocycles. The molecule has 6 heteroatoms. The maximum Gasteiger partial charge on any atom is 0.287 e. The Morgan fingerprint density at radius 1 is 1.43 bits per heavy atom. The molecule has 21 heavy (non-hydrogen) atoms. The van der Waals surface area contributed by atoms with Crippen molar-refractivity contribution in [3.8, 4) is 0 Å². The minimum atomic E-state index is -0.464. The van der Waals surface area contributed by atoms with Crippen molar-refractivity contribution in [1.29, 1.82) is 0 Å². The number of hydrogen-bond donors (Lipinski definition) is 2. The van der Waals surface area contributed by atoms with E-state index in [4.69, 9.17) is 9.52 Å². The number of fused-ring (bicyclic) bond motifs is 1. The average molecular weight is 311 g/mol. The quantitative estimate of drug-likeness (QED) is 0.772. The third-order valence-corrected chi connectivity index (χ3v) is 4.17. The van der Waals surface area contributed by atoms with Crippen molar-refractivity contribution in [3.63, 3.8) is 0 Å². The molecule has 0 unspecified atom stereocenters. The largest absolute Gasteiger partial charge is 0.448 e. The summed E-state index contributed by atoms with van der Waals surface area (Å²) in [7, 11) is 0. The highest BCUT2D eigenvalue weighted by atomic mass is 32.2. The van der Waals surface area contributed by atoms with Gasteiger partial charge in [0.1, 0.15) is 0 Å². The van der Waals surface area contributed by atoms with Gasteiger partial charge in [-0.1, -0.05) is 12.1 Å². The number of carbonyl (C=O) groups excluding carboxylic acids is 1. The van der Waals surface area contributed by atoms with Gasteiger partial charge < -0.3 is 14.8 Å². The van der Waals surface area contributed by atoms with Gasteiger partial charge in [-0.3, -0.25) is 4.79 Å². The van der Waals surface area contributed by atoms with Crippen molar-refractivity contribution in [2.24, 2.45) is 0 Å². The Morgan fingerprint density at radius 3 is 2.95 bits per heavy atom. The molecule has 0 bridgehead atoms. The van der Waals surface area contributed by atoms with Crippen LogP contribution in [0.2, 0.25) is 0 Å². The highest BCUT2D eigenvalue weighted by molar-refractivity contribution is 7.99. The van der Waals surface area contributed by atoms with Crippen LogP contribution in [0.5, 0.6) is 0 Å². The number of amides is 1. The van der Waals surface area contributed by atoms with E-state index in [1.165, 1.54) is 6.07 Å². The van der Waals surface area contributed by atoms with Gasteiger partial charge in [-0.25, -0.2) is 4.39 Å². The topological polar surface area (TPSA) is 62.5 Å². The molecule has 0 saturated heterocycles. The first-order chi connectivity index (χ1) is 10.1. The first-order valence-corrected chi connectivity index (χ1v) is 7.95. The number of aryl methyl sites for hydroxylation is 1. The minimum absolute atomic E-state index is 0.123. The Labute approximate surface area is 126 Å². The zero-order valence-electron chi connectivity index (χ0n) is 11.8. The van der Waals surface area contributed by atoms with Crippen molar-refractivity contribution >= 4 is 28.6 Å². The molecule has 2 aromatic rings. The minimum Gasteiger partial charge on any atom is -0.448 e. The maximum absolute atomic E-state index is 13.6. The van der Waals surface area contributed by atoms with Gasteiger partial charge in [-0.15, -0.1) is 0 Å². The summed E-state index contributed by atoms with van der Waals surface area (Å²) in [5.41, 5.74) is 0.771. The Kier molecular flexibility index (Phi) is 5.64. The van der Waals surface area contributed by atoms with Crippen molar-refractivity contribution < 1.29 is 18.7 Å². The normalized spacial score (nSPS) is 11.0. The standard InChI is InChI=1S/C15H18FNO3S/c1-10-11-4-2-5-12(16)14(11)20-13(10)15(19)17-6-9-21-8-3-7-18/h2,4-5,18H,3,6-9H2,1H3,(H,17,19). The van der Waals surface area contributed by atoms with Gasteiger partial charge in [0, 0.05) is 29.9 Å². The molecular weight excluding hydrogens is 293 g/mol. The van der Waals surface area contributed by atoms with Crippen LogP contribution in [0.25, 0.3) is 11.0 Å². The number of halogens is 1. The summed E-state index contributed by atoms with van der Waals surface area (Å²) in [4.78, 5) is 12.1. The van der Waals surface area contributed by atoms with Gasteiger partial charge in [-0.2, -0.15) is 11.8 Å². The van der Waals surface area contributed by atoms with E-state index in [-0.39, 0.29) is 23.9 Å². The molecule has 114 valence electrons. The molecule has 0 spiro atoms. The molecule has 0 radical (unpaired) electrons. The number of furan rings is 1.